The molecule has 0 aliphatic rings. The molecule has 6 heteroatoms. The van der Waals surface area contributed by atoms with Crippen LogP contribution in [0.15, 0.2) is 60.8 Å². The number of halogens is 1. The Morgan fingerprint density at radius 1 is 1.04 bits per heavy atom. The van der Waals surface area contributed by atoms with Gasteiger partial charge in [-0.05, 0) is 67.1 Å². The number of hydrogen-bond donors (Lipinski definition) is 2. The second kappa shape index (κ2) is 8.10. The Bertz CT molecular complexity index is 955. The third-order valence-electron chi connectivity index (χ3n) is 4.11. The Morgan fingerprint density at radius 2 is 1.78 bits per heavy atom. The van der Waals surface area contributed by atoms with Gasteiger partial charge in [0, 0.05) is 47.9 Å². The number of amides is 1. The van der Waals surface area contributed by atoms with E-state index in [1.54, 1.807) is 30.5 Å². The fourth-order valence-electron chi connectivity index (χ4n) is 2.59. The first kappa shape index (κ1) is 18.7. The molecule has 138 valence electrons. The van der Waals surface area contributed by atoms with Crippen molar-refractivity contribution in [1.82, 2.24) is 4.98 Å². The summed E-state index contributed by atoms with van der Waals surface area (Å²) in [5.41, 5.74) is 4.17. The lowest BCUT2D eigenvalue weighted by atomic mass is 10.2. The molecule has 27 heavy (non-hydrogen) atoms. The van der Waals surface area contributed by atoms with Crippen molar-refractivity contribution in [3.05, 3.63) is 76.9 Å². The van der Waals surface area contributed by atoms with Gasteiger partial charge in [0.05, 0.1) is 0 Å². The maximum Gasteiger partial charge on any atom is 0.255 e. The standard InChI is InChI=1S/C21H21ClN4O/c1-14-12-16(22)4-9-19(14)25-21(27)15-10-11-23-20(13-15)24-17-5-7-18(8-6-17)26(2)3/h4-13H,1-3H3,(H,23,24)(H,25,27). The Morgan fingerprint density at radius 3 is 2.44 bits per heavy atom. The summed E-state index contributed by atoms with van der Waals surface area (Å²) >= 11 is 5.96. The largest absolute Gasteiger partial charge is 0.378 e. The minimum absolute atomic E-state index is 0.200. The molecule has 5 nitrogen and oxygen atoms in total. The third kappa shape index (κ3) is 4.77. The molecule has 0 fully saturated rings. The van der Waals surface area contributed by atoms with E-state index in [2.05, 4.69) is 15.6 Å². The number of rotatable bonds is 5. The number of nitrogens with zero attached hydrogens (tertiary/aromatic N) is 2. The first-order valence-corrected chi connectivity index (χ1v) is 8.88. The van der Waals surface area contributed by atoms with Crippen molar-refractivity contribution < 1.29 is 4.79 Å². The second-order valence-electron chi connectivity index (χ2n) is 6.41. The fraction of sp³-hybridized carbons (Fsp3) is 0.143. The molecule has 0 saturated carbocycles. The molecule has 1 amide bonds. The van der Waals surface area contributed by atoms with E-state index in [0.29, 0.717) is 16.4 Å². The van der Waals surface area contributed by atoms with E-state index < -0.39 is 0 Å². The zero-order chi connectivity index (χ0) is 19.4. The lowest BCUT2D eigenvalue weighted by Crippen LogP contribution is -2.13. The molecular weight excluding hydrogens is 360 g/mol. The predicted octanol–water partition coefficient (Wildman–Crippen LogP) is 5.11. The summed E-state index contributed by atoms with van der Waals surface area (Å²) in [6.07, 6.45) is 1.61. The summed E-state index contributed by atoms with van der Waals surface area (Å²) in [5, 5.41) is 6.77. The maximum atomic E-state index is 12.6. The van der Waals surface area contributed by atoms with E-state index in [0.717, 1.165) is 22.6 Å². The number of aromatic nitrogens is 1. The molecule has 2 aromatic carbocycles. The van der Waals surface area contributed by atoms with Crippen LogP contribution in [-0.2, 0) is 0 Å². The lowest BCUT2D eigenvalue weighted by molar-refractivity contribution is 0.102. The van der Waals surface area contributed by atoms with Crippen molar-refractivity contribution in [3.63, 3.8) is 0 Å². The molecule has 3 aromatic rings. The summed E-state index contributed by atoms with van der Waals surface area (Å²) in [4.78, 5) is 18.9. The molecule has 0 saturated heterocycles. The molecule has 0 spiro atoms. The van der Waals surface area contributed by atoms with Crippen LogP contribution in [0.1, 0.15) is 15.9 Å². The lowest BCUT2D eigenvalue weighted by Gasteiger charge is -2.13. The molecule has 1 heterocycles. The van der Waals surface area contributed by atoms with Crippen molar-refractivity contribution in [2.75, 3.05) is 29.6 Å². The van der Waals surface area contributed by atoms with Gasteiger partial charge < -0.3 is 15.5 Å². The van der Waals surface area contributed by atoms with Crippen LogP contribution in [0.3, 0.4) is 0 Å². The molecule has 1 aromatic heterocycles. The minimum atomic E-state index is -0.200. The summed E-state index contributed by atoms with van der Waals surface area (Å²) in [6.45, 7) is 1.90. The van der Waals surface area contributed by atoms with Crippen LogP contribution in [0, 0.1) is 6.92 Å². The van der Waals surface area contributed by atoms with Gasteiger partial charge in [0.1, 0.15) is 5.82 Å². The van der Waals surface area contributed by atoms with Gasteiger partial charge in [-0.15, -0.1) is 0 Å². The summed E-state index contributed by atoms with van der Waals surface area (Å²) in [6, 6.07) is 16.7. The van der Waals surface area contributed by atoms with Crippen molar-refractivity contribution in [2.45, 2.75) is 6.92 Å². The molecule has 0 unspecified atom stereocenters. The van der Waals surface area contributed by atoms with Crippen molar-refractivity contribution >= 4 is 40.4 Å². The highest BCUT2D eigenvalue weighted by Crippen LogP contribution is 2.22. The van der Waals surface area contributed by atoms with Crippen molar-refractivity contribution in [1.29, 1.82) is 0 Å². The van der Waals surface area contributed by atoms with Crippen LogP contribution < -0.4 is 15.5 Å². The third-order valence-corrected chi connectivity index (χ3v) is 4.35. The number of benzene rings is 2. The molecular formula is C21H21ClN4O. The number of pyridine rings is 1. The highest BCUT2D eigenvalue weighted by Gasteiger charge is 2.09. The van der Waals surface area contributed by atoms with E-state index in [4.69, 9.17) is 11.6 Å². The highest BCUT2D eigenvalue weighted by atomic mass is 35.5. The second-order valence-corrected chi connectivity index (χ2v) is 6.85. The van der Waals surface area contributed by atoms with Crippen molar-refractivity contribution in [2.24, 2.45) is 0 Å². The van der Waals surface area contributed by atoms with E-state index in [9.17, 15) is 4.79 Å². The van der Waals surface area contributed by atoms with Gasteiger partial charge in [0.2, 0.25) is 0 Å². The average molecular weight is 381 g/mol. The topological polar surface area (TPSA) is 57.3 Å². The number of carbonyl (C=O) groups is 1. The number of nitrogens with one attached hydrogen (secondary N) is 2. The summed E-state index contributed by atoms with van der Waals surface area (Å²) in [7, 11) is 3.99. The Hall–Kier alpha value is -3.05. The zero-order valence-electron chi connectivity index (χ0n) is 15.5. The quantitative estimate of drug-likeness (QED) is 0.646. The van der Waals surface area contributed by atoms with E-state index in [1.807, 2.05) is 56.3 Å². The molecule has 0 atom stereocenters. The highest BCUT2D eigenvalue weighted by molar-refractivity contribution is 6.30. The van der Waals surface area contributed by atoms with Gasteiger partial charge in [-0.25, -0.2) is 4.98 Å². The first-order chi connectivity index (χ1) is 12.9. The molecule has 2 N–H and O–H groups in total. The van der Waals surface area contributed by atoms with Crippen LogP contribution in [-0.4, -0.2) is 25.0 Å². The molecule has 0 aliphatic carbocycles. The van der Waals surface area contributed by atoms with Crippen LogP contribution in [0.25, 0.3) is 0 Å². The number of carbonyl (C=O) groups excluding carboxylic acids is 1. The fourth-order valence-corrected chi connectivity index (χ4v) is 2.82. The van der Waals surface area contributed by atoms with Crippen LogP contribution in [0.4, 0.5) is 22.9 Å². The van der Waals surface area contributed by atoms with Crippen LogP contribution >= 0.6 is 11.6 Å². The Labute approximate surface area is 164 Å². The summed E-state index contributed by atoms with van der Waals surface area (Å²) < 4.78 is 0. The minimum Gasteiger partial charge on any atom is -0.378 e. The predicted molar refractivity (Wildman–Crippen MR) is 112 cm³/mol. The van der Waals surface area contributed by atoms with E-state index in [-0.39, 0.29) is 5.91 Å². The Balaban J connectivity index is 1.73. The van der Waals surface area contributed by atoms with Gasteiger partial charge in [-0.2, -0.15) is 0 Å². The molecule has 0 bridgehead atoms. The van der Waals surface area contributed by atoms with E-state index in [1.165, 1.54) is 0 Å². The summed E-state index contributed by atoms with van der Waals surface area (Å²) in [5.74, 6) is 0.405. The monoisotopic (exact) mass is 380 g/mol. The van der Waals surface area contributed by atoms with Gasteiger partial charge in [-0.1, -0.05) is 11.6 Å². The van der Waals surface area contributed by atoms with Gasteiger partial charge in [0.25, 0.3) is 5.91 Å². The van der Waals surface area contributed by atoms with Gasteiger partial charge in [0.15, 0.2) is 0 Å². The van der Waals surface area contributed by atoms with Crippen LogP contribution in [0.2, 0.25) is 5.02 Å². The van der Waals surface area contributed by atoms with Crippen LogP contribution in [0.5, 0.6) is 0 Å². The normalized spacial score (nSPS) is 10.4. The first-order valence-electron chi connectivity index (χ1n) is 8.50. The molecule has 0 aliphatic heterocycles. The number of anilines is 4. The maximum absolute atomic E-state index is 12.6. The zero-order valence-corrected chi connectivity index (χ0v) is 16.2. The average Bonchev–Trinajstić information content (AvgIpc) is 2.64. The van der Waals surface area contributed by atoms with Gasteiger partial charge in [-0.3, -0.25) is 4.79 Å². The molecule has 3 rings (SSSR count). The number of hydrogen-bond acceptors (Lipinski definition) is 4. The number of aryl methyl sites for hydroxylation is 1. The van der Waals surface area contributed by atoms with E-state index >= 15 is 0 Å². The SMILES string of the molecule is Cc1cc(Cl)ccc1NC(=O)c1ccnc(Nc2ccc(N(C)C)cc2)c1. The van der Waals surface area contributed by atoms with Crippen molar-refractivity contribution in [3.8, 4) is 0 Å². The molecule has 0 radical (unpaired) electrons. The smallest absolute Gasteiger partial charge is 0.255 e. The Kier molecular flexibility index (Phi) is 5.62. The van der Waals surface area contributed by atoms with Gasteiger partial charge >= 0.3 is 0 Å².